The Balaban J connectivity index is 2.54. The first-order valence-electron chi connectivity index (χ1n) is 5.40. The highest BCUT2D eigenvalue weighted by atomic mass is 32.1. The minimum absolute atomic E-state index is 0.0257. The van der Waals surface area contributed by atoms with Gasteiger partial charge in [0.25, 0.3) is 0 Å². The van der Waals surface area contributed by atoms with Gasteiger partial charge < -0.3 is 5.32 Å². The molecule has 0 bridgehead atoms. The van der Waals surface area contributed by atoms with Gasteiger partial charge in [0, 0.05) is 6.07 Å². The van der Waals surface area contributed by atoms with Gasteiger partial charge in [-0.3, -0.25) is 4.79 Å². The van der Waals surface area contributed by atoms with Gasteiger partial charge in [-0.25, -0.2) is 17.6 Å². The van der Waals surface area contributed by atoms with E-state index in [1.165, 1.54) is 13.8 Å². The SMILES string of the molecule is CC(=O)c1c(C)nsc1Nc1c(F)c(F)cc(F)c1F. The van der Waals surface area contributed by atoms with Crippen LogP contribution in [0.25, 0.3) is 0 Å². The van der Waals surface area contributed by atoms with E-state index in [0.717, 1.165) is 11.5 Å². The number of hydrogen-bond donors (Lipinski definition) is 1. The molecule has 1 aromatic heterocycles. The summed E-state index contributed by atoms with van der Waals surface area (Å²) < 4.78 is 57.1. The van der Waals surface area contributed by atoms with Crippen molar-refractivity contribution >= 4 is 28.0 Å². The van der Waals surface area contributed by atoms with Gasteiger partial charge in [0.05, 0.1) is 11.3 Å². The van der Waals surface area contributed by atoms with E-state index in [9.17, 15) is 22.4 Å². The minimum atomic E-state index is -1.57. The minimum Gasteiger partial charge on any atom is -0.340 e. The standard InChI is InChI=1S/C12H8F4N2OS/c1-4-8(5(2)19)12(20-18-4)17-11-9(15)6(13)3-7(14)10(11)16/h3,17H,1-2H3. The molecule has 0 spiro atoms. The van der Waals surface area contributed by atoms with Crippen LogP contribution in [0.3, 0.4) is 0 Å². The van der Waals surface area contributed by atoms with E-state index in [4.69, 9.17) is 0 Å². The largest absolute Gasteiger partial charge is 0.340 e. The lowest BCUT2D eigenvalue weighted by Crippen LogP contribution is -2.05. The monoisotopic (exact) mass is 304 g/mol. The summed E-state index contributed by atoms with van der Waals surface area (Å²) in [7, 11) is 0. The maximum absolute atomic E-state index is 13.5. The van der Waals surface area contributed by atoms with E-state index in [0.29, 0.717) is 5.69 Å². The number of aryl methyl sites for hydroxylation is 1. The Labute approximate surface area is 115 Å². The number of rotatable bonds is 3. The number of ketones is 1. The lowest BCUT2D eigenvalue weighted by molar-refractivity contribution is 0.101. The Kier molecular flexibility index (Phi) is 3.76. The smallest absolute Gasteiger partial charge is 0.185 e. The summed E-state index contributed by atoms with van der Waals surface area (Å²) >= 11 is 0.768. The first-order valence-corrected chi connectivity index (χ1v) is 6.17. The normalized spacial score (nSPS) is 10.7. The highest BCUT2D eigenvalue weighted by Crippen LogP contribution is 2.32. The van der Waals surface area contributed by atoms with Crippen molar-refractivity contribution in [2.75, 3.05) is 5.32 Å². The first-order chi connectivity index (χ1) is 9.32. The summed E-state index contributed by atoms with van der Waals surface area (Å²) in [5, 5.41) is 2.22. The van der Waals surface area contributed by atoms with Gasteiger partial charge in [-0.05, 0) is 25.4 Å². The topological polar surface area (TPSA) is 42.0 Å². The second-order valence-electron chi connectivity index (χ2n) is 4.00. The Morgan fingerprint density at radius 3 is 2.25 bits per heavy atom. The van der Waals surface area contributed by atoms with Crippen molar-refractivity contribution in [3.05, 3.63) is 40.6 Å². The second kappa shape index (κ2) is 5.20. The van der Waals surface area contributed by atoms with Gasteiger partial charge in [0.1, 0.15) is 10.7 Å². The van der Waals surface area contributed by atoms with Crippen LogP contribution in [-0.4, -0.2) is 10.2 Å². The van der Waals surface area contributed by atoms with Gasteiger partial charge in [-0.15, -0.1) is 0 Å². The van der Waals surface area contributed by atoms with Gasteiger partial charge >= 0.3 is 0 Å². The van der Waals surface area contributed by atoms with Crippen LogP contribution >= 0.6 is 11.5 Å². The van der Waals surface area contributed by atoms with Crippen molar-refractivity contribution in [1.29, 1.82) is 0 Å². The molecule has 2 aromatic rings. The molecule has 1 heterocycles. The zero-order valence-corrected chi connectivity index (χ0v) is 11.2. The average Bonchev–Trinajstić information content (AvgIpc) is 2.73. The summed E-state index contributed by atoms with van der Waals surface area (Å²) in [5.74, 6) is -6.57. The van der Waals surface area contributed by atoms with Crippen LogP contribution in [0.4, 0.5) is 28.3 Å². The van der Waals surface area contributed by atoms with Crippen LogP contribution in [0.1, 0.15) is 23.0 Å². The number of carbonyl (C=O) groups is 1. The maximum atomic E-state index is 13.5. The molecule has 0 fully saturated rings. The summed E-state index contributed by atoms with van der Waals surface area (Å²) in [5.41, 5.74) is -0.505. The molecule has 0 aliphatic rings. The third-order valence-electron chi connectivity index (χ3n) is 2.57. The lowest BCUT2D eigenvalue weighted by Gasteiger charge is -2.09. The molecule has 1 aromatic carbocycles. The van der Waals surface area contributed by atoms with Crippen molar-refractivity contribution in [3.63, 3.8) is 0 Å². The third-order valence-corrected chi connectivity index (χ3v) is 3.42. The van der Waals surface area contributed by atoms with Crippen molar-refractivity contribution in [2.45, 2.75) is 13.8 Å². The van der Waals surface area contributed by atoms with Crippen LogP contribution in [-0.2, 0) is 0 Å². The predicted octanol–water partition coefficient (Wildman–Crippen LogP) is 3.95. The Bertz CT molecular complexity index is 673. The van der Waals surface area contributed by atoms with Crippen LogP contribution < -0.4 is 5.32 Å². The summed E-state index contributed by atoms with van der Waals surface area (Å²) in [6.07, 6.45) is 0. The lowest BCUT2D eigenvalue weighted by atomic mass is 10.2. The Morgan fingerprint density at radius 1 is 1.20 bits per heavy atom. The van der Waals surface area contributed by atoms with E-state index in [2.05, 4.69) is 9.69 Å². The zero-order valence-electron chi connectivity index (χ0n) is 10.4. The van der Waals surface area contributed by atoms with Crippen molar-refractivity contribution in [2.24, 2.45) is 0 Å². The average molecular weight is 304 g/mol. The number of aromatic nitrogens is 1. The number of nitrogens with zero attached hydrogens (tertiary/aromatic N) is 1. The fraction of sp³-hybridized carbons (Fsp3) is 0.167. The molecule has 0 aliphatic heterocycles. The summed E-state index contributed by atoms with van der Waals surface area (Å²) in [6.45, 7) is 2.79. The number of anilines is 2. The zero-order chi connectivity index (χ0) is 15.0. The molecule has 8 heteroatoms. The quantitative estimate of drug-likeness (QED) is 0.530. The highest BCUT2D eigenvalue weighted by Gasteiger charge is 2.22. The number of halogens is 4. The molecule has 0 saturated carbocycles. The molecule has 0 atom stereocenters. The van der Waals surface area contributed by atoms with Gasteiger partial charge in [0.2, 0.25) is 0 Å². The van der Waals surface area contributed by atoms with Crippen molar-refractivity contribution in [3.8, 4) is 0 Å². The summed E-state index contributed by atoms with van der Waals surface area (Å²) in [4.78, 5) is 11.4. The molecule has 0 amide bonds. The number of nitrogens with one attached hydrogen (secondary N) is 1. The number of carbonyl (C=O) groups excluding carboxylic acids is 1. The predicted molar refractivity (Wildman–Crippen MR) is 66.4 cm³/mol. The fourth-order valence-corrected chi connectivity index (χ4v) is 2.52. The fourth-order valence-electron chi connectivity index (χ4n) is 1.67. The number of benzene rings is 1. The first kappa shape index (κ1) is 14.4. The van der Waals surface area contributed by atoms with Crippen LogP contribution in [0.5, 0.6) is 0 Å². The Morgan fingerprint density at radius 2 is 1.75 bits per heavy atom. The number of hydrogen-bond acceptors (Lipinski definition) is 4. The van der Waals surface area contributed by atoms with E-state index in [1.807, 2.05) is 0 Å². The van der Waals surface area contributed by atoms with Gasteiger partial charge in [0.15, 0.2) is 29.1 Å². The third kappa shape index (κ3) is 2.38. The molecule has 0 aliphatic carbocycles. The Hall–Kier alpha value is -1.96. The van der Waals surface area contributed by atoms with Crippen molar-refractivity contribution < 1.29 is 22.4 Å². The molecule has 2 rings (SSSR count). The molecule has 106 valence electrons. The van der Waals surface area contributed by atoms with Crippen molar-refractivity contribution in [1.82, 2.24) is 4.37 Å². The van der Waals surface area contributed by atoms with E-state index in [1.54, 1.807) is 0 Å². The van der Waals surface area contributed by atoms with E-state index in [-0.39, 0.29) is 22.4 Å². The molecule has 20 heavy (non-hydrogen) atoms. The van der Waals surface area contributed by atoms with Crippen LogP contribution in [0.2, 0.25) is 0 Å². The molecule has 0 saturated heterocycles. The van der Waals surface area contributed by atoms with E-state index < -0.39 is 29.0 Å². The molecule has 1 N–H and O–H groups in total. The molecule has 3 nitrogen and oxygen atoms in total. The van der Waals surface area contributed by atoms with Gasteiger partial charge in [-0.2, -0.15) is 4.37 Å². The molecule has 0 unspecified atom stereocenters. The van der Waals surface area contributed by atoms with Crippen LogP contribution in [0.15, 0.2) is 6.07 Å². The highest BCUT2D eigenvalue weighted by molar-refractivity contribution is 7.10. The molecular weight excluding hydrogens is 296 g/mol. The second-order valence-corrected chi connectivity index (χ2v) is 4.77. The van der Waals surface area contributed by atoms with E-state index >= 15 is 0 Å². The molecular formula is C12H8F4N2OS. The molecule has 0 radical (unpaired) electrons. The van der Waals surface area contributed by atoms with Crippen LogP contribution in [0, 0.1) is 30.2 Å². The maximum Gasteiger partial charge on any atom is 0.185 e. The summed E-state index contributed by atoms with van der Waals surface area (Å²) in [6, 6.07) is 0.111. The number of Topliss-reactive ketones (excluding diaryl/α,β-unsaturated/α-hetero) is 1. The van der Waals surface area contributed by atoms with Gasteiger partial charge in [-0.1, -0.05) is 0 Å².